The number of methoxy groups -OCH3 is 1. The summed E-state index contributed by atoms with van der Waals surface area (Å²) in [5, 5.41) is 25.4. The number of pyridine rings is 1. The maximum absolute atomic E-state index is 12.3. The molecule has 1 fully saturated rings. The third kappa shape index (κ3) is 5.51. The van der Waals surface area contributed by atoms with Crippen LogP contribution in [0.3, 0.4) is 0 Å². The van der Waals surface area contributed by atoms with Crippen molar-refractivity contribution in [3.05, 3.63) is 51.6 Å². The predicted octanol–water partition coefficient (Wildman–Crippen LogP) is 4.97. The number of ether oxygens (including phenoxy) is 1. The molecule has 1 aliphatic rings. The summed E-state index contributed by atoms with van der Waals surface area (Å²) in [6.45, 7) is 2.44. The number of aromatic nitrogens is 2. The second-order valence-electron chi connectivity index (χ2n) is 8.91. The van der Waals surface area contributed by atoms with Crippen LogP contribution in [0, 0.1) is 5.41 Å². The van der Waals surface area contributed by atoms with Crippen LogP contribution in [0.15, 0.2) is 36.0 Å². The highest BCUT2D eigenvalue weighted by molar-refractivity contribution is 7.09. The number of hydrogen-bond acceptors (Lipinski definition) is 7. The standard InChI is InChI=1S/C25H30ClN3O4S/c1-33-17-4-5-20-18(15-17)23(19(26)16-28-20)21(30)6-7-25(24(31)32)8-12-29(13-9-25)11-2-3-22-27-10-14-34-22/h4-5,10,14-16,21,30H,2-3,6-9,11-13H2,1H3,(H,31,32)/t21-/m1/s1. The van der Waals surface area contributed by atoms with Crippen molar-refractivity contribution in [2.24, 2.45) is 5.41 Å². The van der Waals surface area contributed by atoms with E-state index in [1.807, 2.05) is 29.8 Å². The van der Waals surface area contributed by atoms with Gasteiger partial charge >= 0.3 is 5.97 Å². The molecular weight excluding hydrogens is 474 g/mol. The zero-order valence-corrected chi connectivity index (χ0v) is 20.8. The van der Waals surface area contributed by atoms with E-state index in [9.17, 15) is 15.0 Å². The van der Waals surface area contributed by atoms with E-state index in [-0.39, 0.29) is 0 Å². The van der Waals surface area contributed by atoms with E-state index in [1.54, 1.807) is 18.4 Å². The molecule has 4 rings (SSSR count). The summed E-state index contributed by atoms with van der Waals surface area (Å²) in [5.74, 6) is -0.135. The van der Waals surface area contributed by atoms with Crippen molar-refractivity contribution in [3.63, 3.8) is 0 Å². The van der Waals surface area contributed by atoms with Crippen LogP contribution in [0.1, 0.15) is 48.8 Å². The number of aliphatic carboxylic acids is 1. The maximum Gasteiger partial charge on any atom is 0.309 e. The summed E-state index contributed by atoms with van der Waals surface area (Å²) < 4.78 is 5.32. The number of thiazole rings is 1. The third-order valence-corrected chi connectivity index (χ3v) is 8.05. The van der Waals surface area contributed by atoms with E-state index >= 15 is 0 Å². The number of nitrogens with zero attached hydrogens (tertiary/aromatic N) is 3. The Morgan fingerprint density at radius 2 is 2.12 bits per heavy atom. The molecule has 1 saturated heterocycles. The number of carboxylic acid groups (broad SMARTS) is 1. The first-order valence-corrected chi connectivity index (χ1v) is 12.8. The van der Waals surface area contributed by atoms with Crippen LogP contribution >= 0.6 is 22.9 Å². The molecule has 0 aliphatic carbocycles. The monoisotopic (exact) mass is 503 g/mol. The Bertz CT molecular complexity index is 1120. The summed E-state index contributed by atoms with van der Waals surface area (Å²) in [6.07, 6.45) is 6.29. The molecule has 3 heterocycles. The second kappa shape index (κ2) is 11.0. The first-order chi connectivity index (χ1) is 16.4. The molecule has 7 nitrogen and oxygen atoms in total. The van der Waals surface area contributed by atoms with Gasteiger partial charge in [0.1, 0.15) is 5.75 Å². The Morgan fingerprint density at radius 1 is 1.32 bits per heavy atom. The molecule has 2 aromatic heterocycles. The van der Waals surface area contributed by atoms with Gasteiger partial charge in [0.2, 0.25) is 0 Å². The summed E-state index contributed by atoms with van der Waals surface area (Å²) >= 11 is 8.10. The number of likely N-dealkylation sites (tertiary alicyclic amines) is 1. The zero-order valence-electron chi connectivity index (χ0n) is 19.2. The van der Waals surface area contributed by atoms with E-state index in [2.05, 4.69) is 14.9 Å². The van der Waals surface area contributed by atoms with Gasteiger partial charge in [-0.25, -0.2) is 4.98 Å². The maximum atomic E-state index is 12.3. The fraction of sp³-hybridized carbons (Fsp3) is 0.480. The summed E-state index contributed by atoms with van der Waals surface area (Å²) in [6, 6.07) is 5.44. The van der Waals surface area contributed by atoms with Crippen LogP contribution in [0.5, 0.6) is 5.75 Å². The second-order valence-corrected chi connectivity index (χ2v) is 10.3. The van der Waals surface area contributed by atoms with Gasteiger partial charge in [-0.1, -0.05) is 11.6 Å². The highest BCUT2D eigenvalue weighted by atomic mass is 35.5. The quantitative estimate of drug-likeness (QED) is 0.403. The number of fused-ring (bicyclic) bond motifs is 1. The van der Waals surface area contributed by atoms with Crippen LogP contribution in [-0.2, 0) is 11.2 Å². The first-order valence-electron chi connectivity index (χ1n) is 11.6. The fourth-order valence-electron chi connectivity index (χ4n) is 4.80. The van der Waals surface area contributed by atoms with Gasteiger partial charge in [0.05, 0.1) is 34.2 Å². The van der Waals surface area contributed by atoms with Crippen molar-refractivity contribution in [2.75, 3.05) is 26.7 Å². The highest BCUT2D eigenvalue weighted by Gasteiger charge is 2.41. The van der Waals surface area contributed by atoms with E-state index in [0.29, 0.717) is 47.5 Å². The lowest BCUT2D eigenvalue weighted by Crippen LogP contribution is -2.44. The van der Waals surface area contributed by atoms with Crippen LogP contribution in [0.4, 0.5) is 0 Å². The Balaban J connectivity index is 1.39. The molecule has 1 aliphatic heterocycles. The Labute approximate surface area is 208 Å². The minimum atomic E-state index is -0.891. The average molecular weight is 504 g/mol. The molecule has 0 amide bonds. The lowest BCUT2D eigenvalue weighted by Gasteiger charge is -2.39. The molecule has 0 spiro atoms. The summed E-state index contributed by atoms with van der Waals surface area (Å²) in [4.78, 5) is 23.3. The largest absolute Gasteiger partial charge is 0.497 e. The number of aliphatic hydroxyl groups excluding tert-OH is 1. The zero-order chi connectivity index (χ0) is 24.1. The van der Waals surface area contributed by atoms with Crippen LogP contribution in [0.2, 0.25) is 5.02 Å². The SMILES string of the molecule is COc1ccc2ncc(Cl)c([C@H](O)CCC3(C(=O)O)CCN(CCCc4nccs4)CC3)c2c1. The van der Waals surface area contributed by atoms with Crippen LogP contribution in [0.25, 0.3) is 10.9 Å². The molecule has 182 valence electrons. The number of benzene rings is 1. The number of piperidine rings is 1. The lowest BCUT2D eigenvalue weighted by atomic mass is 9.74. The van der Waals surface area contributed by atoms with E-state index < -0.39 is 17.5 Å². The number of aliphatic hydroxyl groups is 1. The molecule has 0 bridgehead atoms. The number of carbonyl (C=O) groups is 1. The van der Waals surface area contributed by atoms with Crippen LogP contribution in [-0.4, -0.2) is 57.8 Å². The van der Waals surface area contributed by atoms with Gasteiger partial charge in [-0.15, -0.1) is 11.3 Å². The molecule has 1 aromatic carbocycles. The predicted molar refractivity (Wildman–Crippen MR) is 134 cm³/mol. The smallest absolute Gasteiger partial charge is 0.309 e. The third-order valence-electron chi connectivity index (χ3n) is 6.91. The van der Waals surface area contributed by atoms with Gasteiger partial charge in [0.15, 0.2) is 0 Å². The first kappa shape index (κ1) is 24.9. The van der Waals surface area contributed by atoms with Crippen molar-refractivity contribution in [2.45, 2.75) is 44.6 Å². The van der Waals surface area contributed by atoms with Crippen molar-refractivity contribution < 1.29 is 19.7 Å². The molecule has 2 N–H and O–H groups in total. The molecule has 0 radical (unpaired) electrons. The van der Waals surface area contributed by atoms with Gasteiger partial charge in [0.25, 0.3) is 0 Å². The van der Waals surface area contributed by atoms with Crippen molar-refractivity contribution in [1.82, 2.24) is 14.9 Å². The molecular formula is C25H30ClN3O4S. The van der Waals surface area contributed by atoms with Gasteiger partial charge in [0, 0.05) is 35.1 Å². The number of hydrogen-bond donors (Lipinski definition) is 2. The topological polar surface area (TPSA) is 95.8 Å². The molecule has 34 heavy (non-hydrogen) atoms. The Morgan fingerprint density at radius 3 is 2.79 bits per heavy atom. The number of aryl methyl sites for hydroxylation is 1. The van der Waals surface area contributed by atoms with Crippen LogP contribution < -0.4 is 4.74 Å². The molecule has 9 heteroatoms. The van der Waals surface area contributed by atoms with E-state index in [0.717, 1.165) is 42.9 Å². The van der Waals surface area contributed by atoms with E-state index in [4.69, 9.17) is 16.3 Å². The normalized spacial score (nSPS) is 17.0. The van der Waals surface area contributed by atoms with Gasteiger partial charge in [-0.2, -0.15) is 0 Å². The molecule has 0 unspecified atom stereocenters. The van der Waals surface area contributed by atoms with Crippen molar-refractivity contribution in [3.8, 4) is 5.75 Å². The van der Waals surface area contributed by atoms with Gasteiger partial charge in [-0.05, 0) is 69.9 Å². The van der Waals surface area contributed by atoms with Crippen molar-refractivity contribution >= 4 is 39.8 Å². The number of carboxylic acids is 1. The summed E-state index contributed by atoms with van der Waals surface area (Å²) in [7, 11) is 1.58. The fourth-order valence-corrected chi connectivity index (χ4v) is 5.74. The summed E-state index contributed by atoms with van der Waals surface area (Å²) in [5.41, 5.74) is 0.448. The van der Waals surface area contributed by atoms with Crippen molar-refractivity contribution in [1.29, 1.82) is 0 Å². The lowest BCUT2D eigenvalue weighted by molar-refractivity contribution is -0.153. The average Bonchev–Trinajstić information content (AvgIpc) is 3.36. The Hall–Kier alpha value is -2.26. The minimum absolute atomic E-state index is 0.312. The Kier molecular flexibility index (Phi) is 8.03. The highest BCUT2D eigenvalue weighted by Crippen LogP contribution is 2.41. The minimum Gasteiger partial charge on any atom is -0.497 e. The number of rotatable bonds is 10. The molecule has 1 atom stereocenters. The molecule has 3 aromatic rings. The molecule has 0 saturated carbocycles. The van der Waals surface area contributed by atoms with Gasteiger partial charge < -0.3 is 19.8 Å². The van der Waals surface area contributed by atoms with E-state index in [1.165, 1.54) is 6.20 Å². The van der Waals surface area contributed by atoms with Gasteiger partial charge in [-0.3, -0.25) is 9.78 Å². The number of halogens is 1.